The molecule has 0 radical (unpaired) electrons. The van der Waals surface area contributed by atoms with Gasteiger partial charge in [0, 0.05) is 11.4 Å². The van der Waals surface area contributed by atoms with Gasteiger partial charge in [-0.1, -0.05) is 12.1 Å². The summed E-state index contributed by atoms with van der Waals surface area (Å²) in [6.45, 7) is 2.54. The Balaban J connectivity index is 1.89. The first-order valence-corrected chi connectivity index (χ1v) is 9.28. The standard InChI is InChI=1S/C20H21NO4S/c1-4-21-16-10-7-14(20(23)25-3)12-17(16)26-18(19(21)22)11-13-5-8-15(24-2)9-6-13/h5-10,12,18H,4,11H2,1-3H3. The number of thioether (sulfide) groups is 1. The van der Waals surface area contributed by atoms with Gasteiger partial charge >= 0.3 is 5.97 Å². The van der Waals surface area contributed by atoms with Gasteiger partial charge in [0.15, 0.2) is 0 Å². The quantitative estimate of drug-likeness (QED) is 0.753. The molecule has 26 heavy (non-hydrogen) atoms. The Morgan fingerprint density at radius 1 is 1.15 bits per heavy atom. The summed E-state index contributed by atoms with van der Waals surface area (Å²) in [7, 11) is 2.99. The van der Waals surface area contributed by atoms with Gasteiger partial charge < -0.3 is 14.4 Å². The van der Waals surface area contributed by atoms with Crippen molar-refractivity contribution in [3.05, 3.63) is 53.6 Å². The summed E-state index contributed by atoms with van der Waals surface area (Å²) in [5, 5.41) is -0.233. The summed E-state index contributed by atoms with van der Waals surface area (Å²) < 4.78 is 9.99. The van der Waals surface area contributed by atoms with E-state index in [9.17, 15) is 9.59 Å². The van der Waals surface area contributed by atoms with Crippen molar-refractivity contribution in [2.75, 3.05) is 25.7 Å². The first-order valence-electron chi connectivity index (χ1n) is 8.40. The van der Waals surface area contributed by atoms with E-state index in [0.717, 1.165) is 21.9 Å². The molecule has 0 bridgehead atoms. The zero-order valence-electron chi connectivity index (χ0n) is 15.0. The van der Waals surface area contributed by atoms with Gasteiger partial charge in [0.05, 0.1) is 30.7 Å². The maximum Gasteiger partial charge on any atom is 0.337 e. The van der Waals surface area contributed by atoms with Crippen LogP contribution in [0.15, 0.2) is 47.4 Å². The van der Waals surface area contributed by atoms with Crippen molar-refractivity contribution in [1.29, 1.82) is 0 Å². The topological polar surface area (TPSA) is 55.8 Å². The van der Waals surface area contributed by atoms with E-state index >= 15 is 0 Å². The van der Waals surface area contributed by atoms with Crippen LogP contribution in [0.25, 0.3) is 0 Å². The molecule has 0 fully saturated rings. The van der Waals surface area contributed by atoms with E-state index in [2.05, 4.69) is 0 Å². The van der Waals surface area contributed by atoms with Crippen molar-refractivity contribution in [2.24, 2.45) is 0 Å². The molecule has 0 aliphatic carbocycles. The number of carbonyl (C=O) groups is 2. The lowest BCUT2D eigenvalue weighted by molar-refractivity contribution is -0.118. The normalized spacial score (nSPS) is 16.2. The van der Waals surface area contributed by atoms with Crippen LogP contribution in [0.2, 0.25) is 0 Å². The molecule has 0 saturated heterocycles. The monoisotopic (exact) mass is 371 g/mol. The molecule has 0 N–H and O–H groups in total. The Labute approximate surface area is 157 Å². The van der Waals surface area contributed by atoms with Gasteiger partial charge in [-0.05, 0) is 49.2 Å². The maximum absolute atomic E-state index is 12.9. The summed E-state index contributed by atoms with van der Waals surface area (Å²) in [5.74, 6) is 0.506. The summed E-state index contributed by atoms with van der Waals surface area (Å²) >= 11 is 1.50. The van der Waals surface area contributed by atoms with Crippen LogP contribution >= 0.6 is 11.8 Å². The van der Waals surface area contributed by atoms with Gasteiger partial charge in [-0.25, -0.2) is 4.79 Å². The molecule has 6 heteroatoms. The number of hydrogen-bond acceptors (Lipinski definition) is 5. The maximum atomic E-state index is 12.9. The van der Waals surface area contributed by atoms with Crippen molar-refractivity contribution in [3.8, 4) is 5.75 Å². The van der Waals surface area contributed by atoms with E-state index in [4.69, 9.17) is 9.47 Å². The number of benzene rings is 2. The Bertz CT molecular complexity index is 819. The number of esters is 1. The number of ether oxygens (including phenoxy) is 2. The average Bonchev–Trinajstić information content (AvgIpc) is 2.68. The highest BCUT2D eigenvalue weighted by Crippen LogP contribution is 2.41. The number of carbonyl (C=O) groups excluding carboxylic acids is 2. The van der Waals surface area contributed by atoms with Crippen molar-refractivity contribution < 1.29 is 19.1 Å². The molecule has 1 atom stereocenters. The number of amides is 1. The third kappa shape index (κ3) is 3.55. The molecular weight excluding hydrogens is 350 g/mol. The number of methoxy groups -OCH3 is 2. The molecule has 5 nitrogen and oxygen atoms in total. The van der Waals surface area contributed by atoms with E-state index in [1.165, 1.54) is 18.9 Å². The van der Waals surface area contributed by atoms with Crippen LogP contribution in [0.1, 0.15) is 22.8 Å². The molecule has 0 saturated carbocycles. The molecule has 2 aromatic rings. The molecule has 0 spiro atoms. The molecule has 136 valence electrons. The highest BCUT2D eigenvalue weighted by molar-refractivity contribution is 8.01. The minimum absolute atomic E-state index is 0.0895. The van der Waals surface area contributed by atoms with Gasteiger partial charge in [0.1, 0.15) is 5.75 Å². The molecule has 1 unspecified atom stereocenters. The largest absolute Gasteiger partial charge is 0.497 e. The highest BCUT2D eigenvalue weighted by atomic mass is 32.2. The van der Waals surface area contributed by atoms with Crippen molar-refractivity contribution >= 4 is 29.3 Å². The highest BCUT2D eigenvalue weighted by Gasteiger charge is 2.33. The fourth-order valence-electron chi connectivity index (χ4n) is 3.00. The predicted octanol–water partition coefficient (Wildman–Crippen LogP) is 3.55. The third-order valence-electron chi connectivity index (χ3n) is 4.38. The van der Waals surface area contributed by atoms with Crippen LogP contribution in [-0.4, -0.2) is 37.9 Å². The van der Waals surface area contributed by atoms with Crippen LogP contribution < -0.4 is 9.64 Å². The summed E-state index contributed by atoms with van der Waals surface area (Å²) in [6, 6.07) is 13.1. The van der Waals surface area contributed by atoms with E-state index in [-0.39, 0.29) is 17.1 Å². The van der Waals surface area contributed by atoms with E-state index in [0.29, 0.717) is 18.5 Å². The lowest BCUT2D eigenvalue weighted by Gasteiger charge is -2.33. The number of fused-ring (bicyclic) bond motifs is 1. The van der Waals surface area contributed by atoms with Gasteiger partial charge in [-0.15, -0.1) is 11.8 Å². The lowest BCUT2D eigenvalue weighted by Crippen LogP contribution is -2.41. The molecule has 3 rings (SSSR count). The van der Waals surface area contributed by atoms with Crippen LogP contribution in [0.5, 0.6) is 5.75 Å². The van der Waals surface area contributed by atoms with Crippen LogP contribution in [0.4, 0.5) is 5.69 Å². The summed E-state index contributed by atoms with van der Waals surface area (Å²) in [5.41, 5.74) is 2.41. The third-order valence-corrected chi connectivity index (χ3v) is 5.61. The van der Waals surface area contributed by atoms with E-state index < -0.39 is 0 Å². The van der Waals surface area contributed by atoms with Crippen molar-refractivity contribution in [2.45, 2.75) is 23.5 Å². The Hall–Kier alpha value is -2.47. The zero-order valence-corrected chi connectivity index (χ0v) is 15.8. The first-order chi connectivity index (χ1) is 12.6. The zero-order chi connectivity index (χ0) is 18.7. The van der Waals surface area contributed by atoms with E-state index in [1.54, 1.807) is 18.1 Å². The lowest BCUT2D eigenvalue weighted by atomic mass is 10.1. The second kappa shape index (κ2) is 7.83. The molecule has 1 amide bonds. The first kappa shape index (κ1) is 18.3. The van der Waals surface area contributed by atoms with Crippen LogP contribution in [-0.2, 0) is 16.0 Å². The Kier molecular flexibility index (Phi) is 5.52. The van der Waals surface area contributed by atoms with Gasteiger partial charge in [0.25, 0.3) is 0 Å². The fraction of sp³-hybridized carbons (Fsp3) is 0.300. The second-order valence-electron chi connectivity index (χ2n) is 5.92. The number of anilines is 1. The predicted molar refractivity (Wildman–Crippen MR) is 102 cm³/mol. The van der Waals surface area contributed by atoms with Gasteiger partial charge in [-0.2, -0.15) is 0 Å². The number of hydrogen-bond donors (Lipinski definition) is 0. The smallest absolute Gasteiger partial charge is 0.337 e. The van der Waals surface area contributed by atoms with Gasteiger partial charge in [-0.3, -0.25) is 4.79 Å². The fourth-order valence-corrected chi connectivity index (χ4v) is 4.31. The van der Waals surface area contributed by atoms with Crippen molar-refractivity contribution in [1.82, 2.24) is 0 Å². The van der Waals surface area contributed by atoms with Crippen molar-refractivity contribution in [3.63, 3.8) is 0 Å². The molecule has 1 aliphatic heterocycles. The van der Waals surface area contributed by atoms with Gasteiger partial charge in [0.2, 0.25) is 5.91 Å². The molecular formula is C20H21NO4S. The summed E-state index contributed by atoms with van der Waals surface area (Å²) in [6.07, 6.45) is 0.617. The summed E-state index contributed by atoms with van der Waals surface area (Å²) in [4.78, 5) is 27.4. The Morgan fingerprint density at radius 3 is 2.50 bits per heavy atom. The second-order valence-corrected chi connectivity index (χ2v) is 7.16. The van der Waals surface area contributed by atoms with Crippen LogP contribution in [0.3, 0.4) is 0 Å². The average molecular weight is 371 g/mol. The molecule has 0 aromatic heterocycles. The number of rotatable bonds is 5. The minimum atomic E-state index is -0.375. The van der Waals surface area contributed by atoms with E-state index in [1.807, 2.05) is 43.3 Å². The SMILES string of the molecule is CCN1C(=O)C(Cc2ccc(OC)cc2)Sc2cc(C(=O)OC)ccc21. The molecule has 2 aromatic carbocycles. The Morgan fingerprint density at radius 2 is 1.88 bits per heavy atom. The molecule has 1 heterocycles. The number of nitrogens with zero attached hydrogens (tertiary/aromatic N) is 1. The molecule has 1 aliphatic rings. The minimum Gasteiger partial charge on any atom is -0.497 e. The van der Waals surface area contributed by atoms with Crippen LogP contribution in [0, 0.1) is 0 Å².